The van der Waals surface area contributed by atoms with E-state index in [-0.39, 0.29) is 18.4 Å². The summed E-state index contributed by atoms with van der Waals surface area (Å²) in [7, 11) is 0. The molecule has 0 radical (unpaired) electrons. The first-order chi connectivity index (χ1) is 13.3. The summed E-state index contributed by atoms with van der Waals surface area (Å²) in [6.45, 7) is 5.75. The Balaban J connectivity index is 1.66. The van der Waals surface area contributed by atoms with Crippen molar-refractivity contribution in [1.29, 1.82) is 0 Å². The first kappa shape index (κ1) is 19.6. The van der Waals surface area contributed by atoms with E-state index >= 15 is 0 Å². The molecule has 3 rings (SSSR count). The monoisotopic (exact) mass is 396 g/mol. The number of hydrogen-bond acceptors (Lipinski definition) is 3. The van der Waals surface area contributed by atoms with E-state index in [2.05, 4.69) is 20.8 Å². The van der Waals surface area contributed by atoms with Crippen LogP contribution in [0.2, 0.25) is 5.02 Å². The van der Waals surface area contributed by atoms with Gasteiger partial charge in [-0.25, -0.2) is 0 Å². The molecule has 0 aliphatic carbocycles. The molecule has 0 unspecified atom stereocenters. The lowest BCUT2D eigenvalue weighted by molar-refractivity contribution is -0.115. The topological polar surface area (TPSA) is 86.9 Å². The van der Waals surface area contributed by atoms with Gasteiger partial charge in [-0.1, -0.05) is 41.4 Å². The predicted molar refractivity (Wildman–Crippen MR) is 111 cm³/mol. The minimum atomic E-state index is -0.383. The Hall–Kier alpha value is -3.12. The van der Waals surface area contributed by atoms with Crippen LogP contribution in [0.5, 0.6) is 0 Å². The highest BCUT2D eigenvalue weighted by Gasteiger charge is 2.16. The molecule has 0 saturated carbocycles. The number of anilines is 1. The molecule has 3 N–H and O–H groups in total. The molecule has 144 valence electrons. The quantitative estimate of drug-likeness (QED) is 0.608. The Morgan fingerprint density at radius 2 is 1.71 bits per heavy atom. The number of hydrogen-bond donors (Lipinski definition) is 3. The summed E-state index contributed by atoms with van der Waals surface area (Å²) in [5, 5.41) is 12.9. The second-order valence-electron chi connectivity index (χ2n) is 6.67. The SMILES string of the molecule is Cc1cc(C)c(NC(=O)CNC(=O)c2cn[nH]c2-c2ccc(Cl)cc2)c(C)c1. The maximum atomic E-state index is 12.5. The summed E-state index contributed by atoms with van der Waals surface area (Å²) in [5.41, 5.74) is 5.58. The van der Waals surface area contributed by atoms with Gasteiger partial charge in [0.05, 0.1) is 24.0 Å². The van der Waals surface area contributed by atoms with E-state index in [1.807, 2.05) is 32.9 Å². The molecule has 0 atom stereocenters. The van der Waals surface area contributed by atoms with E-state index in [0.717, 1.165) is 27.9 Å². The van der Waals surface area contributed by atoms with Gasteiger partial charge in [0.2, 0.25) is 5.91 Å². The average Bonchev–Trinajstić information content (AvgIpc) is 3.13. The van der Waals surface area contributed by atoms with E-state index in [9.17, 15) is 9.59 Å². The molecular formula is C21H21ClN4O2. The van der Waals surface area contributed by atoms with Crippen molar-refractivity contribution < 1.29 is 9.59 Å². The molecule has 2 aromatic carbocycles. The fourth-order valence-corrected chi connectivity index (χ4v) is 3.24. The molecular weight excluding hydrogens is 376 g/mol. The Labute approximate surface area is 168 Å². The van der Waals surface area contributed by atoms with Gasteiger partial charge in [0.15, 0.2) is 0 Å². The van der Waals surface area contributed by atoms with Crippen molar-refractivity contribution in [2.45, 2.75) is 20.8 Å². The Morgan fingerprint density at radius 3 is 2.36 bits per heavy atom. The normalized spacial score (nSPS) is 10.6. The van der Waals surface area contributed by atoms with Gasteiger partial charge in [-0.15, -0.1) is 0 Å². The Morgan fingerprint density at radius 1 is 1.07 bits per heavy atom. The van der Waals surface area contributed by atoms with Crippen LogP contribution >= 0.6 is 11.6 Å². The number of benzene rings is 2. The molecule has 0 aliphatic heterocycles. The van der Waals surface area contributed by atoms with E-state index in [4.69, 9.17) is 11.6 Å². The standard InChI is InChI=1S/C21H21ClN4O2/c1-12-8-13(2)19(14(3)9-12)25-18(27)11-23-21(28)17-10-24-26-20(17)15-4-6-16(22)7-5-15/h4-10H,11H2,1-3H3,(H,23,28)(H,24,26)(H,25,27). The lowest BCUT2D eigenvalue weighted by Gasteiger charge is -2.13. The van der Waals surface area contributed by atoms with Crippen LogP contribution in [-0.4, -0.2) is 28.6 Å². The highest BCUT2D eigenvalue weighted by atomic mass is 35.5. The van der Waals surface area contributed by atoms with Crippen molar-refractivity contribution in [3.8, 4) is 11.3 Å². The average molecular weight is 397 g/mol. The Bertz CT molecular complexity index is 1000. The fraction of sp³-hybridized carbons (Fsp3) is 0.190. The molecule has 1 heterocycles. The van der Waals surface area contributed by atoms with Crippen molar-refractivity contribution in [2.75, 3.05) is 11.9 Å². The van der Waals surface area contributed by atoms with Gasteiger partial charge in [-0.05, 0) is 44.0 Å². The van der Waals surface area contributed by atoms with E-state index in [1.54, 1.807) is 24.3 Å². The minimum absolute atomic E-state index is 0.142. The first-order valence-electron chi connectivity index (χ1n) is 8.80. The number of carbonyl (C=O) groups excluding carboxylic acids is 2. The third-order valence-corrected chi connectivity index (χ3v) is 4.62. The number of H-pyrrole nitrogens is 1. The third-order valence-electron chi connectivity index (χ3n) is 4.37. The van der Waals surface area contributed by atoms with E-state index in [1.165, 1.54) is 6.20 Å². The lowest BCUT2D eigenvalue weighted by Crippen LogP contribution is -2.33. The highest BCUT2D eigenvalue weighted by molar-refractivity contribution is 6.30. The van der Waals surface area contributed by atoms with Crippen LogP contribution in [0.3, 0.4) is 0 Å². The zero-order valence-electron chi connectivity index (χ0n) is 15.9. The van der Waals surface area contributed by atoms with Gasteiger partial charge >= 0.3 is 0 Å². The van der Waals surface area contributed by atoms with Crippen LogP contribution in [0.15, 0.2) is 42.6 Å². The number of nitrogens with one attached hydrogen (secondary N) is 3. The molecule has 0 saturated heterocycles. The summed E-state index contributed by atoms with van der Waals surface area (Å²) < 4.78 is 0. The van der Waals surface area contributed by atoms with Crippen LogP contribution < -0.4 is 10.6 Å². The van der Waals surface area contributed by atoms with Crippen molar-refractivity contribution in [1.82, 2.24) is 15.5 Å². The fourth-order valence-electron chi connectivity index (χ4n) is 3.11. The molecule has 1 aromatic heterocycles. The number of aromatic nitrogens is 2. The summed E-state index contributed by atoms with van der Waals surface area (Å²) in [4.78, 5) is 24.8. The summed E-state index contributed by atoms with van der Waals surface area (Å²) >= 11 is 5.91. The number of amides is 2. The smallest absolute Gasteiger partial charge is 0.255 e. The predicted octanol–water partition coefficient (Wildman–Crippen LogP) is 4.02. The number of aryl methyl sites for hydroxylation is 3. The number of halogens is 1. The molecule has 28 heavy (non-hydrogen) atoms. The van der Waals surface area contributed by atoms with Gasteiger partial charge in [0.25, 0.3) is 5.91 Å². The van der Waals surface area contributed by atoms with Crippen LogP contribution in [-0.2, 0) is 4.79 Å². The van der Waals surface area contributed by atoms with Gasteiger partial charge in [-0.3, -0.25) is 14.7 Å². The third kappa shape index (κ3) is 4.40. The van der Waals surface area contributed by atoms with Crippen LogP contribution in [0.4, 0.5) is 5.69 Å². The number of carbonyl (C=O) groups is 2. The maximum Gasteiger partial charge on any atom is 0.255 e. The molecule has 0 spiro atoms. The summed E-state index contributed by atoms with van der Waals surface area (Å²) in [6.07, 6.45) is 1.44. The van der Waals surface area contributed by atoms with Gasteiger partial charge < -0.3 is 10.6 Å². The van der Waals surface area contributed by atoms with Gasteiger partial charge in [0, 0.05) is 16.3 Å². The zero-order chi connectivity index (χ0) is 20.3. The van der Waals surface area contributed by atoms with Crippen LogP contribution in [0, 0.1) is 20.8 Å². The molecule has 7 heteroatoms. The molecule has 0 bridgehead atoms. The molecule has 2 amide bonds. The number of rotatable bonds is 5. The first-order valence-corrected chi connectivity index (χ1v) is 9.18. The van der Waals surface area contributed by atoms with Crippen LogP contribution in [0.25, 0.3) is 11.3 Å². The molecule has 0 fully saturated rings. The van der Waals surface area contributed by atoms with Gasteiger partial charge in [-0.2, -0.15) is 5.10 Å². The van der Waals surface area contributed by atoms with Crippen molar-refractivity contribution in [3.63, 3.8) is 0 Å². The van der Waals surface area contributed by atoms with E-state index < -0.39 is 0 Å². The van der Waals surface area contributed by atoms with Crippen molar-refractivity contribution in [2.24, 2.45) is 0 Å². The Kier molecular flexibility index (Phi) is 5.80. The van der Waals surface area contributed by atoms with Gasteiger partial charge in [0.1, 0.15) is 0 Å². The largest absolute Gasteiger partial charge is 0.343 e. The van der Waals surface area contributed by atoms with E-state index in [0.29, 0.717) is 16.3 Å². The van der Waals surface area contributed by atoms with Crippen molar-refractivity contribution >= 4 is 29.1 Å². The minimum Gasteiger partial charge on any atom is -0.343 e. The van der Waals surface area contributed by atoms with Crippen LogP contribution in [0.1, 0.15) is 27.0 Å². The lowest BCUT2D eigenvalue weighted by atomic mass is 10.1. The number of nitrogens with zero attached hydrogens (tertiary/aromatic N) is 1. The molecule has 3 aromatic rings. The molecule has 0 aliphatic rings. The van der Waals surface area contributed by atoms with Crippen molar-refractivity contribution in [3.05, 3.63) is 69.9 Å². The summed E-state index contributed by atoms with van der Waals surface area (Å²) in [6, 6.07) is 11.1. The summed E-state index contributed by atoms with van der Waals surface area (Å²) in [5.74, 6) is -0.675. The maximum absolute atomic E-state index is 12.5. The number of aromatic amines is 1. The zero-order valence-corrected chi connectivity index (χ0v) is 16.6. The highest BCUT2D eigenvalue weighted by Crippen LogP contribution is 2.23. The second kappa shape index (κ2) is 8.27. The molecule has 6 nitrogen and oxygen atoms in total. The second-order valence-corrected chi connectivity index (χ2v) is 7.11.